The minimum Gasteiger partial charge on any atom is -0.444 e. The lowest BCUT2D eigenvalue weighted by Gasteiger charge is -2.35. The molecule has 2 atom stereocenters. The molecule has 8 heteroatoms. The molecule has 7 nitrogen and oxygen atoms in total. The van der Waals surface area contributed by atoms with Gasteiger partial charge < -0.3 is 20.3 Å². The van der Waals surface area contributed by atoms with Gasteiger partial charge in [-0.2, -0.15) is 11.8 Å². The maximum atomic E-state index is 14.3. The minimum atomic E-state index is -0.975. The molecule has 0 saturated heterocycles. The van der Waals surface area contributed by atoms with Gasteiger partial charge in [0.25, 0.3) is 0 Å². The number of terminal acetylenes is 1. The van der Waals surface area contributed by atoms with Crippen LogP contribution in [0.1, 0.15) is 76.1 Å². The summed E-state index contributed by atoms with van der Waals surface area (Å²) in [5.74, 6) is 2.64. The highest BCUT2D eigenvalue weighted by atomic mass is 32.2. The molecule has 0 heterocycles. The van der Waals surface area contributed by atoms with Crippen LogP contribution in [0.15, 0.2) is 54.6 Å². The van der Waals surface area contributed by atoms with E-state index in [2.05, 4.69) is 23.5 Å². The maximum Gasteiger partial charge on any atom is 0.408 e. The number of hydrogen-bond donors (Lipinski definition) is 2. The summed E-state index contributed by atoms with van der Waals surface area (Å²) < 4.78 is 5.46. The average molecular weight is 566 g/mol. The fourth-order valence-electron chi connectivity index (χ4n) is 4.24. The first-order valence-electron chi connectivity index (χ1n) is 13.8. The van der Waals surface area contributed by atoms with E-state index in [1.165, 1.54) is 0 Å². The Labute approximate surface area is 243 Å². The van der Waals surface area contributed by atoms with E-state index in [1.54, 1.807) is 49.6 Å². The third-order valence-corrected chi connectivity index (χ3v) is 6.81. The lowest BCUT2D eigenvalue weighted by atomic mass is 9.97. The van der Waals surface area contributed by atoms with Crippen LogP contribution in [-0.4, -0.2) is 53.0 Å². The molecule has 3 amide bonds. The molecule has 2 N–H and O–H groups in total. The number of unbranched alkanes of at least 4 members (excludes halogenated alkanes) is 2. The van der Waals surface area contributed by atoms with Gasteiger partial charge in [-0.05, 0) is 62.8 Å². The molecule has 0 spiro atoms. The summed E-state index contributed by atoms with van der Waals surface area (Å²) in [5.41, 5.74) is 1.33. The van der Waals surface area contributed by atoms with Crippen molar-refractivity contribution in [1.82, 2.24) is 15.5 Å². The predicted molar refractivity (Wildman–Crippen MR) is 163 cm³/mol. The molecule has 0 radical (unpaired) electrons. The number of alkyl carbamates (subject to hydrolysis) is 1. The van der Waals surface area contributed by atoms with Crippen molar-refractivity contribution < 1.29 is 19.1 Å². The van der Waals surface area contributed by atoms with Crippen LogP contribution in [0.3, 0.4) is 0 Å². The number of ether oxygens (including phenoxy) is 1. The molecule has 0 aromatic heterocycles. The molecule has 0 bridgehead atoms. The lowest BCUT2D eigenvalue weighted by Crippen LogP contribution is -2.53. The van der Waals surface area contributed by atoms with Crippen molar-refractivity contribution >= 4 is 29.7 Å². The Balaban J connectivity index is 2.51. The van der Waals surface area contributed by atoms with Crippen LogP contribution in [0.5, 0.6) is 0 Å². The SMILES string of the molecule is C#Cc1ccccc1C(C(=O)NCc1ccccc1)N(CCCCC)C(=O)C(CCSC)NC(=O)OC(C)(C)C. The first kappa shape index (κ1) is 32.8. The van der Waals surface area contributed by atoms with Crippen molar-refractivity contribution in [1.29, 1.82) is 0 Å². The average Bonchev–Trinajstić information content (AvgIpc) is 2.93. The zero-order valence-corrected chi connectivity index (χ0v) is 25.2. The van der Waals surface area contributed by atoms with E-state index in [0.717, 1.165) is 18.4 Å². The van der Waals surface area contributed by atoms with Gasteiger partial charge in [0.1, 0.15) is 17.7 Å². The number of hydrogen-bond acceptors (Lipinski definition) is 5. The highest BCUT2D eigenvalue weighted by Gasteiger charge is 2.36. The van der Waals surface area contributed by atoms with Gasteiger partial charge in [0, 0.05) is 18.7 Å². The van der Waals surface area contributed by atoms with Crippen LogP contribution in [0.25, 0.3) is 0 Å². The smallest absolute Gasteiger partial charge is 0.408 e. The normalized spacial score (nSPS) is 12.5. The van der Waals surface area contributed by atoms with Crippen LogP contribution in [-0.2, 0) is 20.9 Å². The lowest BCUT2D eigenvalue weighted by molar-refractivity contribution is -0.142. The van der Waals surface area contributed by atoms with E-state index >= 15 is 0 Å². The predicted octanol–water partition coefficient (Wildman–Crippen LogP) is 5.69. The van der Waals surface area contributed by atoms with Crippen molar-refractivity contribution in [2.75, 3.05) is 18.6 Å². The fourth-order valence-corrected chi connectivity index (χ4v) is 4.71. The molecular formula is C32H43N3O4S. The molecule has 2 aromatic carbocycles. The maximum absolute atomic E-state index is 14.3. The summed E-state index contributed by atoms with van der Waals surface area (Å²) in [6.45, 7) is 8.03. The first-order chi connectivity index (χ1) is 19.1. The number of nitrogens with zero attached hydrogens (tertiary/aromatic N) is 1. The zero-order chi connectivity index (χ0) is 29.5. The third-order valence-electron chi connectivity index (χ3n) is 6.17. The van der Waals surface area contributed by atoms with E-state index in [9.17, 15) is 14.4 Å². The van der Waals surface area contributed by atoms with Crippen LogP contribution in [0, 0.1) is 12.3 Å². The molecule has 2 aromatic rings. The topological polar surface area (TPSA) is 87.7 Å². The Kier molecular flexibility index (Phi) is 13.6. The van der Waals surface area contributed by atoms with Gasteiger partial charge in [-0.3, -0.25) is 9.59 Å². The quantitative estimate of drug-likeness (QED) is 0.227. The van der Waals surface area contributed by atoms with Crippen molar-refractivity contribution in [3.63, 3.8) is 0 Å². The molecule has 0 aliphatic heterocycles. The van der Waals surface area contributed by atoms with E-state index in [4.69, 9.17) is 11.2 Å². The monoisotopic (exact) mass is 565 g/mol. The summed E-state index contributed by atoms with van der Waals surface area (Å²) in [4.78, 5) is 42.5. The Morgan fingerprint density at radius 3 is 2.35 bits per heavy atom. The van der Waals surface area contributed by atoms with Gasteiger partial charge in [0.2, 0.25) is 11.8 Å². The number of rotatable bonds is 14. The van der Waals surface area contributed by atoms with Gasteiger partial charge in [-0.15, -0.1) is 6.42 Å². The van der Waals surface area contributed by atoms with Gasteiger partial charge >= 0.3 is 6.09 Å². The second-order valence-corrected chi connectivity index (χ2v) is 11.5. The fraction of sp³-hybridized carbons (Fsp3) is 0.469. The van der Waals surface area contributed by atoms with Crippen LogP contribution in [0.4, 0.5) is 4.79 Å². The van der Waals surface area contributed by atoms with Crippen molar-refractivity contribution in [2.24, 2.45) is 0 Å². The summed E-state index contributed by atoms with van der Waals surface area (Å²) in [6.07, 6.45) is 10.0. The molecule has 216 valence electrons. The molecule has 0 fully saturated rings. The standard InChI is InChI=1S/C32H43N3O4S/c1-7-9-15-21-35(30(37)27(20-22-40-6)34-31(38)39-32(3,4)5)28(26-19-14-13-18-25(26)8-2)29(36)33-23-24-16-11-10-12-17-24/h2,10-14,16-19,27-28H,7,9,15,20-23H2,1,3-6H3,(H,33,36)(H,34,38). The number of thioether (sulfide) groups is 1. The molecule has 40 heavy (non-hydrogen) atoms. The van der Waals surface area contributed by atoms with Gasteiger partial charge in [-0.1, -0.05) is 74.2 Å². The summed E-state index contributed by atoms with van der Waals surface area (Å²) in [5, 5.41) is 5.78. The highest BCUT2D eigenvalue weighted by Crippen LogP contribution is 2.27. The Hall–Kier alpha value is -3.44. The number of carbonyl (C=O) groups excluding carboxylic acids is 3. The second-order valence-electron chi connectivity index (χ2n) is 10.6. The van der Waals surface area contributed by atoms with E-state index in [0.29, 0.717) is 42.8 Å². The van der Waals surface area contributed by atoms with Gasteiger partial charge in [-0.25, -0.2) is 4.79 Å². The van der Waals surface area contributed by atoms with Crippen molar-refractivity contribution in [3.8, 4) is 12.3 Å². The zero-order valence-electron chi connectivity index (χ0n) is 24.4. The molecule has 0 aliphatic carbocycles. The highest BCUT2D eigenvalue weighted by molar-refractivity contribution is 7.98. The molecule has 0 saturated carbocycles. The van der Waals surface area contributed by atoms with Crippen LogP contribution >= 0.6 is 11.8 Å². The number of nitrogens with one attached hydrogen (secondary N) is 2. The summed E-state index contributed by atoms with van der Waals surface area (Å²) in [6, 6.07) is 14.9. The van der Waals surface area contributed by atoms with Crippen molar-refractivity contribution in [2.45, 2.75) is 77.6 Å². The molecule has 0 aliphatic rings. The Morgan fingerprint density at radius 2 is 1.73 bits per heavy atom. The largest absolute Gasteiger partial charge is 0.444 e. The molecular weight excluding hydrogens is 522 g/mol. The molecule has 2 rings (SSSR count). The summed E-state index contributed by atoms with van der Waals surface area (Å²) >= 11 is 1.58. The van der Waals surface area contributed by atoms with E-state index in [1.807, 2.05) is 48.7 Å². The van der Waals surface area contributed by atoms with Crippen molar-refractivity contribution in [3.05, 3.63) is 71.3 Å². The van der Waals surface area contributed by atoms with E-state index in [-0.39, 0.29) is 11.8 Å². The number of amides is 3. The van der Waals surface area contributed by atoms with Crippen LogP contribution < -0.4 is 10.6 Å². The number of carbonyl (C=O) groups is 3. The second kappa shape index (κ2) is 16.6. The van der Waals surface area contributed by atoms with Crippen LogP contribution in [0.2, 0.25) is 0 Å². The summed E-state index contributed by atoms with van der Waals surface area (Å²) in [7, 11) is 0. The van der Waals surface area contributed by atoms with Gasteiger partial charge in [0.15, 0.2) is 0 Å². The Bertz CT molecular complexity index is 1140. The minimum absolute atomic E-state index is 0.303. The first-order valence-corrected chi connectivity index (χ1v) is 15.2. The Morgan fingerprint density at radius 1 is 1.05 bits per heavy atom. The van der Waals surface area contributed by atoms with Gasteiger partial charge in [0.05, 0.1) is 0 Å². The van der Waals surface area contributed by atoms with E-state index < -0.39 is 23.8 Å². The number of benzene rings is 2. The molecule has 2 unspecified atom stereocenters. The third kappa shape index (κ3) is 10.6.